The lowest BCUT2D eigenvalue weighted by molar-refractivity contribution is -0.0229. The lowest BCUT2D eigenvalue weighted by Gasteiger charge is -2.12. The van der Waals surface area contributed by atoms with Crippen molar-refractivity contribution in [2.45, 2.75) is 38.7 Å². The lowest BCUT2D eigenvalue weighted by Crippen LogP contribution is -2.20. The molecule has 4 rings (SSSR count). The maximum atomic E-state index is 12.9. The molecule has 1 unspecified atom stereocenters. The summed E-state index contributed by atoms with van der Waals surface area (Å²) in [5.74, 6) is -1.53. The molecule has 1 aromatic heterocycles. The molecular formula is C26H26F2N2O2. The van der Waals surface area contributed by atoms with Gasteiger partial charge in [0.05, 0.1) is 17.1 Å². The van der Waals surface area contributed by atoms with Gasteiger partial charge in [-0.05, 0) is 59.9 Å². The Morgan fingerprint density at radius 2 is 1.78 bits per heavy atom. The third-order valence-corrected chi connectivity index (χ3v) is 5.32. The molecule has 6 heteroatoms. The average Bonchev–Trinajstić information content (AvgIpc) is 3.18. The van der Waals surface area contributed by atoms with E-state index in [0.717, 1.165) is 58.9 Å². The number of nitrogens with one attached hydrogen (secondary N) is 1. The summed E-state index contributed by atoms with van der Waals surface area (Å²) < 4.78 is 30.9. The topological polar surface area (TPSA) is 58.1 Å². The highest BCUT2D eigenvalue weighted by Gasteiger charge is 2.21. The lowest BCUT2D eigenvalue weighted by atomic mass is 9.96. The Balaban J connectivity index is 1.45. The number of halogens is 2. The van der Waals surface area contributed by atoms with Crippen LogP contribution in [-0.2, 0) is 12.8 Å². The smallest absolute Gasteiger partial charge is 0.278 e. The van der Waals surface area contributed by atoms with Gasteiger partial charge in [-0.15, -0.1) is 0 Å². The van der Waals surface area contributed by atoms with Gasteiger partial charge >= 0.3 is 0 Å². The van der Waals surface area contributed by atoms with Crippen molar-refractivity contribution in [1.29, 1.82) is 0 Å². The van der Waals surface area contributed by atoms with Crippen molar-refractivity contribution in [3.8, 4) is 16.9 Å². The van der Waals surface area contributed by atoms with E-state index in [9.17, 15) is 13.9 Å². The van der Waals surface area contributed by atoms with Gasteiger partial charge in [0, 0.05) is 13.3 Å². The Labute approximate surface area is 185 Å². The van der Waals surface area contributed by atoms with Gasteiger partial charge < -0.3 is 14.8 Å². The standard InChI is InChI=1S/C26H26F2N2O2/c1-17(31)21-5-3-4-6-22(21)19-10-13-23-24(15-19)30-25(29-23)14-9-18-7-11-20(12-8-18)32-16-26(2,27)28/h3-8,10-13,15,17,31H,9,14,16H2,1-2H3,(H,29,30). The number of benzene rings is 3. The van der Waals surface area contributed by atoms with Gasteiger partial charge in [-0.3, -0.25) is 0 Å². The molecule has 0 aliphatic heterocycles. The number of hydrogen-bond donors (Lipinski definition) is 2. The summed E-state index contributed by atoms with van der Waals surface area (Å²) in [4.78, 5) is 8.07. The molecule has 0 saturated heterocycles. The third-order valence-electron chi connectivity index (χ3n) is 5.32. The second-order valence-corrected chi connectivity index (χ2v) is 8.18. The van der Waals surface area contributed by atoms with E-state index in [0.29, 0.717) is 5.75 Å². The van der Waals surface area contributed by atoms with E-state index < -0.39 is 18.6 Å². The van der Waals surface area contributed by atoms with Crippen LogP contribution in [0.5, 0.6) is 5.75 Å². The number of aliphatic hydroxyl groups excluding tert-OH is 1. The zero-order chi connectivity index (χ0) is 22.7. The molecule has 4 nitrogen and oxygen atoms in total. The van der Waals surface area contributed by atoms with Crippen LogP contribution in [0.4, 0.5) is 8.78 Å². The van der Waals surface area contributed by atoms with Gasteiger partial charge in [-0.2, -0.15) is 0 Å². The number of nitrogens with zero attached hydrogens (tertiary/aromatic N) is 1. The van der Waals surface area contributed by atoms with Crippen molar-refractivity contribution in [1.82, 2.24) is 9.97 Å². The predicted octanol–water partition coefficient (Wildman–Crippen LogP) is 6.10. The van der Waals surface area contributed by atoms with Crippen molar-refractivity contribution >= 4 is 11.0 Å². The fourth-order valence-electron chi connectivity index (χ4n) is 3.70. The molecule has 0 radical (unpaired) electrons. The number of aryl methyl sites for hydroxylation is 2. The number of rotatable bonds is 8. The highest BCUT2D eigenvalue weighted by molar-refractivity contribution is 5.83. The van der Waals surface area contributed by atoms with Crippen LogP contribution in [0, 0.1) is 0 Å². The molecule has 0 aliphatic rings. The molecule has 166 valence electrons. The molecule has 1 atom stereocenters. The summed E-state index contributed by atoms with van der Waals surface area (Å²) >= 11 is 0. The number of ether oxygens (including phenoxy) is 1. The van der Waals surface area contributed by atoms with Gasteiger partial charge in [-0.1, -0.05) is 42.5 Å². The summed E-state index contributed by atoms with van der Waals surface area (Å²) in [6.07, 6.45) is 0.943. The summed E-state index contributed by atoms with van der Waals surface area (Å²) in [6.45, 7) is 1.97. The first-order valence-electron chi connectivity index (χ1n) is 10.6. The van der Waals surface area contributed by atoms with Crippen molar-refractivity contribution in [3.05, 3.63) is 83.7 Å². The number of aliphatic hydroxyl groups is 1. The Hall–Kier alpha value is -3.25. The van der Waals surface area contributed by atoms with E-state index in [4.69, 9.17) is 4.74 Å². The van der Waals surface area contributed by atoms with E-state index in [1.807, 2.05) is 48.5 Å². The van der Waals surface area contributed by atoms with Crippen LogP contribution in [0.3, 0.4) is 0 Å². The molecule has 0 saturated carbocycles. The zero-order valence-electron chi connectivity index (χ0n) is 18.1. The second-order valence-electron chi connectivity index (χ2n) is 8.18. The first-order chi connectivity index (χ1) is 15.3. The van der Waals surface area contributed by atoms with Crippen LogP contribution < -0.4 is 4.74 Å². The molecule has 1 heterocycles. The molecule has 0 fully saturated rings. The van der Waals surface area contributed by atoms with Crippen molar-refractivity contribution in [2.75, 3.05) is 6.61 Å². The number of hydrogen-bond acceptors (Lipinski definition) is 3. The normalized spacial score (nSPS) is 12.8. The Morgan fingerprint density at radius 1 is 1.03 bits per heavy atom. The zero-order valence-corrected chi connectivity index (χ0v) is 18.1. The summed E-state index contributed by atoms with van der Waals surface area (Å²) in [5, 5.41) is 10.1. The van der Waals surface area contributed by atoms with Crippen molar-refractivity contribution in [3.63, 3.8) is 0 Å². The van der Waals surface area contributed by atoms with E-state index in [2.05, 4.69) is 16.0 Å². The molecule has 32 heavy (non-hydrogen) atoms. The largest absolute Gasteiger partial charge is 0.487 e. The Kier molecular flexibility index (Phi) is 6.24. The van der Waals surface area contributed by atoms with Crippen molar-refractivity contribution in [2.24, 2.45) is 0 Å². The molecule has 0 spiro atoms. The monoisotopic (exact) mass is 436 g/mol. The van der Waals surface area contributed by atoms with E-state index >= 15 is 0 Å². The predicted molar refractivity (Wildman–Crippen MR) is 122 cm³/mol. The molecule has 0 bridgehead atoms. The van der Waals surface area contributed by atoms with E-state index in [1.54, 1.807) is 19.1 Å². The number of H-pyrrole nitrogens is 1. The summed E-state index contributed by atoms with van der Waals surface area (Å²) in [7, 11) is 0. The minimum Gasteiger partial charge on any atom is -0.487 e. The molecule has 3 aromatic carbocycles. The fourth-order valence-corrected chi connectivity index (χ4v) is 3.70. The fraction of sp³-hybridized carbons (Fsp3) is 0.269. The van der Waals surface area contributed by atoms with Crippen molar-refractivity contribution < 1.29 is 18.6 Å². The molecule has 2 N–H and O–H groups in total. The summed E-state index contributed by atoms with van der Waals surface area (Å²) in [5.41, 5.74) is 5.83. The van der Waals surface area contributed by atoms with Gasteiger partial charge in [0.1, 0.15) is 11.6 Å². The van der Waals surface area contributed by atoms with E-state index in [1.165, 1.54) is 0 Å². The quantitative estimate of drug-likeness (QED) is 0.351. The van der Waals surface area contributed by atoms with Gasteiger partial charge in [-0.25, -0.2) is 13.8 Å². The Bertz CT molecular complexity index is 1190. The number of aromatic nitrogens is 2. The number of aromatic amines is 1. The SMILES string of the molecule is CC(O)c1ccccc1-c1ccc2nc(CCc3ccc(OCC(C)(F)F)cc3)[nH]c2c1. The van der Waals surface area contributed by atoms with Crippen LogP contribution in [-0.4, -0.2) is 27.6 Å². The number of imidazole rings is 1. The molecular weight excluding hydrogens is 410 g/mol. The molecule has 0 amide bonds. The van der Waals surface area contributed by atoms with Crippen LogP contribution in [0.25, 0.3) is 22.2 Å². The first kappa shape index (κ1) is 22.0. The van der Waals surface area contributed by atoms with Crippen LogP contribution in [0.15, 0.2) is 66.7 Å². The number of fused-ring (bicyclic) bond motifs is 1. The van der Waals surface area contributed by atoms with Gasteiger partial charge in [0.25, 0.3) is 5.92 Å². The molecule has 0 aliphatic carbocycles. The van der Waals surface area contributed by atoms with E-state index in [-0.39, 0.29) is 0 Å². The summed E-state index contributed by atoms with van der Waals surface area (Å²) in [6, 6.07) is 21.1. The van der Waals surface area contributed by atoms with Gasteiger partial charge in [0.2, 0.25) is 0 Å². The van der Waals surface area contributed by atoms with Crippen LogP contribution in [0.2, 0.25) is 0 Å². The second kappa shape index (κ2) is 9.09. The highest BCUT2D eigenvalue weighted by atomic mass is 19.3. The molecule has 4 aromatic rings. The minimum atomic E-state index is -2.85. The third kappa shape index (κ3) is 5.32. The average molecular weight is 437 g/mol. The highest BCUT2D eigenvalue weighted by Crippen LogP contribution is 2.30. The van der Waals surface area contributed by atoms with Gasteiger partial charge in [0.15, 0.2) is 6.61 Å². The first-order valence-corrected chi connectivity index (χ1v) is 10.6. The maximum Gasteiger partial charge on any atom is 0.278 e. The van der Waals surface area contributed by atoms with Crippen LogP contribution in [0.1, 0.15) is 36.9 Å². The number of alkyl halides is 2. The van der Waals surface area contributed by atoms with Crippen LogP contribution >= 0.6 is 0 Å². The minimum absolute atomic E-state index is 0.434. The Morgan fingerprint density at radius 3 is 2.50 bits per heavy atom. The maximum absolute atomic E-state index is 12.9.